The lowest BCUT2D eigenvalue weighted by Crippen LogP contribution is -2.39. The van der Waals surface area contributed by atoms with E-state index >= 15 is 0 Å². The standard InChI is InChI=1S/C11H14/c1-9(2)11-7-4-3-5-10(11)6-8-11/h3-5,7,10H,1,6,8H2,2H3. The Labute approximate surface area is 68.3 Å². The van der Waals surface area contributed by atoms with Crippen LogP contribution >= 0.6 is 0 Å². The highest BCUT2D eigenvalue weighted by Crippen LogP contribution is 2.54. The summed E-state index contributed by atoms with van der Waals surface area (Å²) in [6.45, 7) is 6.22. The van der Waals surface area contributed by atoms with Gasteiger partial charge in [-0.1, -0.05) is 36.5 Å². The summed E-state index contributed by atoms with van der Waals surface area (Å²) in [6, 6.07) is 0. The molecule has 0 amide bonds. The Morgan fingerprint density at radius 1 is 1.55 bits per heavy atom. The van der Waals surface area contributed by atoms with Crippen molar-refractivity contribution in [2.45, 2.75) is 19.8 Å². The molecule has 2 rings (SSSR count). The van der Waals surface area contributed by atoms with Gasteiger partial charge in [0.15, 0.2) is 0 Å². The van der Waals surface area contributed by atoms with E-state index in [9.17, 15) is 0 Å². The van der Waals surface area contributed by atoms with Crippen LogP contribution in [0.1, 0.15) is 19.8 Å². The minimum absolute atomic E-state index is 0.356. The summed E-state index contributed by atoms with van der Waals surface area (Å²) >= 11 is 0. The van der Waals surface area contributed by atoms with Gasteiger partial charge in [0.25, 0.3) is 0 Å². The minimum Gasteiger partial charge on any atom is -0.0992 e. The number of fused-ring (bicyclic) bond motifs is 1. The molecular formula is C11H14. The molecule has 0 aromatic heterocycles. The first-order valence-electron chi connectivity index (χ1n) is 4.28. The molecule has 1 saturated carbocycles. The maximum atomic E-state index is 4.07. The molecule has 0 nitrogen and oxygen atoms in total. The van der Waals surface area contributed by atoms with Gasteiger partial charge < -0.3 is 0 Å². The second kappa shape index (κ2) is 2.10. The van der Waals surface area contributed by atoms with Gasteiger partial charge in [0.1, 0.15) is 0 Å². The fraction of sp³-hybridized carbons (Fsp3) is 0.455. The first-order valence-corrected chi connectivity index (χ1v) is 4.28. The van der Waals surface area contributed by atoms with E-state index in [0.717, 1.165) is 5.92 Å². The Hall–Kier alpha value is -0.780. The number of hydrogen-bond acceptors (Lipinski definition) is 0. The molecule has 11 heavy (non-hydrogen) atoms. The number of rotatable bonds is 1. The van der Waals surface area contributed by atoms with Gasteiger partial charge in [-0.3, -0.25) is 0 Å². The summed E-state index contributed by atoms with van der Waals surface area (Å²) in [6.07, 6.45) is 11.6. The first kappa shape index (κ1) is 6.90. The van der Waals surface area contributed by atoms with Crippen molar-refractivity contribution in [3.8, 4) is 0 Å². The second-order valence-electron chi connectivity index (χ2n) is 3.71. The molecule has 0 saturated heterocycles. The van der Waals surface area contributed by atoms with Crippen LogP contribution in [0.25, 0.3) is 0 Å². The van der Waals surface area contributed by atoms with Crippen molar-refractivity contribution in [3.63, 3.8) is 0 Å². The van der Waals surface area contributed by atoms with Gasteiger partial charge in [0.2, 0.25) is 0 Å². The van der Waals surface area contributed by atoms with Crippen LogP contribution in [0, 0.1) is 11.3 Å². The van der Waals surface area contributed by atoms with Crippen molar-refractivity contribution in [1.82, 2.24) is 0 Å². The van der Waals surface area contributed by atoms with E-state index in [1.807, 2.05) is 0 Å². The topological polar surface area (TPSA) is 0 Å². The van der Waals surface area contributed by atoms with Crippen LogP contribution in [0.5, 0.6) is 0 Å². The average Bonchev–Trinajstić information content (AvgIpc) is 1.91. The van der Waals surface area contributed by atoms with Crippen molar-refractivity contribution >= 4 is 0 Å². The third kappa shape index (κ3) is 0.756. The predicted octanol–water partition coefficient (Wildman–Crippen LogP) is 3.08. The minimum atomic E-state index is 0.356. The Morgan fingerprint density at radius 3 is 2.73 bits per heavy atom. The van der Waals surface area contributed by atoms with Crippen LogP contribution in [-0.4, -0.2) is 0 Å². The molecular weight excluding hydrogens is 132 g/mol. The molecule has 0 N–H and O–H groups in total. The van der Waals surface area contributed by atoms with Crippen molar-refractivity contribution in [3.05, 3.63) is 36.5 Å². The number of allylic oxidation sites excluding steroid dienone is 5. The fourth-order valence-corrected chi connectivity index (χ4v) is 2.19. The van der Waals surface area contributed by atoms with Crippen LogP contribution in [0.3, 0.4) is 0 Å². The Morgan fingerprint density at radius 2 is 2.36 bits per heavy atom. The Kier molecular flexibility index (Phi) is 1.32. The van der Waals surface area contributed by atoms with Crippen molar-refractivity contribution in [2.24, 2.45) is 11.3 Å². The van der Waals surface area contributed by atoms with Gasteiger partial charge in [0, 0.05) is 5.41 Å². The molecule has 0 bridgehead atoms. The molecule has 58 valence electrons. The van der Waals surface area contributed by atoms with Crippen molar-refractivity contribution < 1.29 is 0 Å². The van der Waals surface area contributed by atoms with E-state index in [0.29, 0.717) is 5.41 Å². The largest absolute Gasteiger partial charge is 0.0992 e. The highest BCUT2D eigenvalue weighted by Gasteiger charge is 2.44. The molecule has 0 aromatic carbocycles. The summed E-state index contributed by atoms with van der Waals surface area (Å²) in [7, 11) is 0. The quantitative estimate of drug-likeness (QED) is 0.499. The van der Waals surface area contributed by atoms with E-state index in [1.54, 1.807) is 0 Å². The second-order valence-corrected chi connectivity index (χ2v) is 3.71. The van der Waals surface area contributed by atoms with E-state index < -0.39 is 0 Å². The predicted molar refractivity (Wildman–Crippen MR) is 48.3 cm³/mol. The zero-order chi connectivity index (χ0) is 7.90. The highest BCUT2D eigenvalue weighted by atomic mass is 14.5. The fourth-order valence-electron chi connectivity index (χ4n) is 2.19. The molecule has 2 unspecified atom stereocenters. The highest BCUT2D eigenvalue weighted by molar-refractivity contribution is 5.33. The molecule has 0 heteroatoms. The third-order valence-electron chi connectivity index (χ3n) is 3.17. The molecule has 0 aromatic rings. The average molecular weight is 146 g/mol. The van der Waals surface area contributed by atoms with Crippen LogP contribution in [-0.2, 0) is 0 Å². The van der Waals surface area contributed by atoms with E-state index in [4.69, 9.17) is 0 Å². The van der Waals surface area contributed by atoms with E-state index in [2.05, 4.69) is 37.8 Å². The molecule has 0 radical (unpaired) electrons. The zero-order valence-electron chi connectivity index (χ0n) is 7.01. The van der Waals surface area contributed by atoms with Crippen LogP contribution in [0.15, 0.2) is 36.5 Å². The smallest absolute Gasteiger partial charge is 0.0151 e. The van der Waals surface area contributed by atoms with Crippen LogP contribution in [0.4, 0.5) is 0 Å². The lowest BCUT2D eigenvalue weighted by atomic mass is 9.55. The summed E-state index contributed by atoms with van der Waals surface area (Å²) in [5.74, 6) is 0.755. The van der Waals surface area contributed by atoms with Crippen LogP contribution < -0.4 is 0 Å². The first-order chi connectivity index (χ1) is 5.26. The monoisotopic (exact) mass is 146 g/mol. The maximum Gasteiger partial charge on any atom is 0.0151 e. The maximum absolute atomic E-state index is 4.07. The Balaban J connectivity index is 2.32. The zero-order valence-corrected chi connectivity index (χ0v) is 7.01. The normalized spacial score (nSPS) is 39.5. The summed E-state index contributed by atoms with van der Waals surface area (Å²) in [5, 5.41) is 0. The van der Waals surface area contributed by atoms with Gasteiger partial charge in [0.05, 0.1) is 0 Å². The summed E-state index contributed by atoms with van der Waals surface area (Å²) in [4.78, 5) is 0. The molecule has 0 heterocycles. The molecule has 0 aliphatic heterocycles. The molecule has 2 aliphatic carbocycles. The van der Waals surface area contributed by atoms with Gasteiger partial charge >= 0.3 is 0 Å². The SMILES string of the molecule is C=C(C)C12C=CC=CC1CC2. The van der Waals surface area contributed by atoms with E-state index in [-0.39, 0.29) is 0 Å². The number of hydrogen-bond donors (Lipinski definition) is 0. The third-order valence-corrected chi connectivity index (χ3v) is 3.17. The lowest BCUT2D eigenvalue weighted by molar-refractivity contribution is 0.171. The molecule has 0 spiro atoms. The summed E-state index contributed by atoms with van der Waals surface area (Å²) < 4.78 is 0. The lowest BCUT2D eigenvalue weighted by Gasteiger charge is -2.48. The van der Waals surface area contributed by atoms with Crippen molar-refractivity contribution in [1.29, 1.82) is 0 Å². The van der Waals surface area contributed by atoms with E-state index in [1.165, 1.54) is 18.4 Å². The van der Waals surface area contributed by atoms with Crippen LogP contribution in [0.2, 0.25) is 0 Å². The summed E-state index contributed by atoms with van der Waals surface area (Å²) in [5.41, 5.74) is 1.68. The molecule has 2 atom stereocenters. The van der Waals surface area contributed by atoms with Crippen molar-refractivity contribution in [2.75, 3.05) is 0 Å². The van der Waals surface area contributed by atoms with Gasteiger partial charge in [-0.15, -0.1) is 0 Å². The molecule has 1 fully saturated rings. The van der Waals surface area contributed by atoms with Gasteiger partial charge in [-0.25, -0.2) is 0 Å². The van der Waals surface area contributed by atoms with Gasteiger partial charge in [-0.05, 0) is 25.7 Å². The Bertz CT molecular complexity index is 245. The van der Waals surface area contributed by atoms with Gasteiger partial charge in [-0.2, -0.15) is 0 Å². The molecule has 2 aliphatic rings.